The van der Waals surface area contributed by atoms with E-state index >= 15 is 0 Å². The van der Waals surface area contributed by atoms with Crippen molar-refractivity contribution in [2.24, 2.45) is 0 Å². The van der Waals surface area contributed by atoms with Crippen molar-refractivity contribution in [1.82, 2.24) is 15.0 Å². The Morgan fingerprint density at radius 1 is 1.19 bits per heavy atom. The zero-order valence-electron chi connectivity index (χ0n) is 16.7. The van der Waals surface area contributed by atoms with Gasteiger partial charge < -0.3 is 9.42 Å². The van der Waals surface area contributed by atoms with Gasteiger partial charge in [0.15, 0.2) is 0 Å². The van der Waals surface area contributed by atoms with Crippen LogP contribution >= 0.6 is 0 Å². The molecule has 0 bridgehead atoms. The number of pyridine rings is 1. The first-order valence-corrected chi connectivity index (χ1v) is 9.54. The van der Waals surface area contributed by atoms with Gasteiger partial charge in [-0.25, -0.2) is 4.98 Å². The number of fused-ring (bicyclic) bond motifs is 1. The van der Waals surface area contributed by atoms with Crippen molar-refractivity contribution in [3.05, 3.63) is 58.9 Å². The van der Waals surface area contributed by atoms with Gasteiger partial charge in [0.1, 0.15) is 0 Å². The third-order valence-electron chi connectivity index (χ3n) is 5.04. The van der Waals surface area contributed by atoms with Gasteiger partial charge in [0.25, 0.3) is 11.6 Å². The highest BCUT2D eigenvalue weighted by atomic mass is 16.5. The Morgan fingerprint density at radius 2 is 1.89 bits per heavy atom. The molecule has 0 N–H and O–H groups in total. The van der Waals surface area contributed by atoms with E-state index in [2.05, 4.69) is 50.0 Å². The smallest absolute Gasteiger partial charge is 0.259 e. The van der Waals surface area contributed by atoms with E-state index in [9.17, 15) is 4.79 Å². The van der Waals surface area contributed by atoms with E-state index in [1.807, 2.05) is 36.1 Å². The van der Waals surface area contributed by atoms with Crippen LogP contribution in [-0.2, 0) is 6.54 Å². The number of aryl methyl sites for hydroxylation is 1. The molecule has 1 aromatic carbocycles. The summed E-state index contributed by atoms with van der Waals surface area (Å²) in [5, 5.41) is 4.75. The van der Waals surface area contributed by atoms with Gasteiger partial charge in [-0.2, -0.15) is 0 Å². The molecule has 3 aromatic rings. The van der Waals surface area contributed by atoms with E-state index in [1.165, 1.54) is 0 Å². The van der Waals surface area contributed by atoms with Crippen molar-refractivity contribution >= 4 is 17.0 Å². The summed E-state index contributed by atoms with van der Waals surface area (Å²) in [6, 6.07) is 12.1. The molecule has 0 saturated heterocycles. The van der Waals surface area contributed by atoms with Gasteiger partial charge in [0, 0.05) is 18.3 Å². The lowest BCUT2D eigenvalue weighted by molar-refractivity contribution is 0.0673. The second-order valence-electron chi connectivity index (χ2n) is 7.37. The molecule has 0 aliphatic carbocycles. The molecule has 27 heavy (non-hydrogen) atoms. The molecular formula is C22H27N3O2. The van der Waals surface area contributed by atoms with Gasteiger partial charge in [-0.05, 0) is 37.8 Å². The van der Waals surface area contributed by atoms with Gasteiger partial charge in [0.05, 0.1) is 16.6 Å². The van der Waals surface area contributed by atoms with Gasteiger partial charge in [-0.15, -0.1) is 0 Å². The molecule has 1 atom stereocenters. The average molecular weight is 365 g/mol. The van der Waals surface area contributed by atoms with E-state index in [4.69, 9.17) is 4.52 Å². The first-order valence-electron chi connectivity index (χ1n) is 9.54. The third-order valence-corrected chi connectivity index (χ3v) is 5.04. The summed E-state index contributed by atoms with van der Waals surface area (Å²) in [7, 11) is 0. The Morgan fingerprint density at radius 3 is 2.52 bits per heavy atom. The predicted octanol–water partition coefficient (Wildman–Crippen LogP) is 5.10. The van der Waals surface area contributed by atoms with Crippen LogP contribution in [0, 0.1) is 6.92 Å². The van der Waals surface area contributed by atoms with Crippen LogP contribution in [0.1, 0.15) is 67.3 Å². The molecule has 3 rings (SSSR count). The number of hydrogen-bond donors (Lipinski definition) is 0. The van der Waals surface area contributed by atoms with Crippen molar-refractivity contribution in [3.63, 3.8) is 0 Å². The molecule has 0 radical (unpaired) electrons. The van der Waals surface area contributed by atoms with Crippen molar-refractivity contribution in [2.45, 2.75) is 59.5 Å². The minimum absolute atomic E-state index is 0.00574. The van der Waals surface area contributed by atoms with Gasteiger partial charge >= 0.3 is 0 Å². The first-order chi connectivity index (χ1) is 12.9. The molecule has 0 fully saturated rings. The largest absolute Gasteiger partial charge is 0.336 e. The van der Waals surface area contributed by atoms with Crippen LogP contribution in [-0.4, -0.2) is 27.0 Å². The van der Waals surface area contributed by atoms with E-state index in [0.717, 1.165) is 17.7 Å². The van der Waals surface area contributed by atoms with Crippen LogP contribution in [0.3, 0.4) is 0 Å². The van der Waals surface area contributed by atoms with E-state index in [1.54, 1.807) is 0 Å². The fourth-order valence-electron chi connectivity index (χ4n) is 3.16. The quantitative estimate of drug-likeness (QED) is 0.610. The highest BCUT2D eigenvalue weighted by molar-refractivity contribution is 6.06. The molecule has 2 aromatic heterocycles. The number of aromatic nitrogens is 2. The number of carbonyl (C=O) groups is 1. The molecule has 0 aliphatic rings. The second kappa shape index (κ2) is 7.91. The third kappa shape index (κ3) is 3.87. The van der Waals surface area contributed by atoms with Gasteiger partial charge in [-0.1, -0.05) is 56.3 Å². The maximum atomic E-state index is 13.6. The SMILES string of the molecule is CCC(C)N(Cc1ccccc1)C(=O)c1cc(C(C)C)nc2onc(C)c12. The summed E-state index contributed by atoms with van der Waals surface area (Å²) in [4.78, 5) is 20.1. The molecule has 142 valence electrons. The highest BCUT2D eigenvalue weighted by Gasteiger charge is 2.26. The number of rotatable bonds is 6. The minimum atomic E-state index is -0.00574. The summed E-state index contributed by atoms with van der Waals surface area (Å²) < 4.78 is 5.38. The van der Waals surface area contributed by atoms with Crippen molar-refractivity contribution < 1.29 is 9.32 Å². The predicted molar refractivity (Wildman–Crippen MR) is 107 cm³/mol. The first kappa shape index (κ1) is 19.1. The second-order valence-corrected chi connectivity index (χ2v) is 7.37. The fourth-order valence-corrected chi connectivity index (χ4v) is 3.16. The molecule has 1 unspecified atom stereocenters. The topological polar surface area (TPSA) is 59.2 Å². The summed E-state index contributed by atoms with van der Waals surface area (Å²) in [6.45, 7) is 10.7. The van der Waals surface area contributed by atoms with E-state index in [0.29, 0.717) is 28.9 Å². The van der Waals surface area contributed by atoms with Gasteiger partial charge in [-0.3, -0.25) is 4.79 Å². The molecule has 5 nitrogen and oxygen atoms in total. The van der Waals surface area contributed by atoms with Crippen LogP contribution < -0.4 is 0 Å². The zero-order valence-corrected chi connectivity index (χ0v) is 16.7. The fraction of sp³-hybridized carbons (Fsp3) is 0.409. The Hall–Kier alpha value is -2.69. The number of benzene rings is 1. The molecule has 0 saturated carbocycles. The monoisotopic (exact) mass is 365 g/mol. The Bertz CT molecular complexity index is 931. The summed E-state index contributed by atoms with van der Waals surface area (Å²) in [5.74, 6) is 0.186. The standard InChI is InChI=1S/C22H27N3O2/c1-6-15(4)25(13-17-10-8-7-9-11-17)22(26)18-12-19(14(2)3)23-21-20(18)16(5)24-27-21/h7-12,14-15H,6,13H2,1-5H3. The number of nitrogens with zero attached hydrogens (tertiary/aromatic N) is 3. The lowest BCUT2D eigenvalue weighted by Gasteiger charge is -2.29. The maximum absolute atomic E-state index is 13.6. The summed E-state index contributed by atoms with van der Waals surface area (Å²) in [6.07, 6.45) is 0.881. The Labute approximate surface area is 160 Å². The number of hydrogen-bond acceptors (Lipinski definition) is 4. The molecule has 0 aliphatic heterocycles. The molecular weight excluding hydrogens is 338 g/mol. The van der Waals surface area contributed by atoms with Crippen LogP contribution in [0.2, 0.25) is 0 Å². The van der Waals surface area contributed by atoms with E-state index < -0.39 is 0 Å². The van der Waals surface area contributed by atoms with Crippen LogP contribution in [0.15, 0.2) is 40.9 Å². The van der Waals surface area contributed by atoms with Crippen molar-refractivity contribution in [3.8, 4) is 0 Å². The van der Waals surface area contributed by atoms with Crippen molar-refractivity contribution in [1.29, 1.82) is 0 Å². The minimum Gasteiger partial charge on any atom is -0.336 e. The highest BCUT2D eigenvalue weighted by Crippen LogP contribution is 2.27. The Balaban J connectivity index is 2.09. The van der Waals surface area contributed by atoms with Crippen LogP contribution in [0.25, 0.3) is 11.1 Å². The maximum Gasteiger partial charge on any atom is 0.259 e. The normalized spacial score (nSPS) is 12.5. The van der Waals surface area contributed by atoms with Gasteiger partial charge in [0.2, 0.25) is 0 Å². The lowest BCUT2D eigenvalue weighted by atomic mass is 10.0. The molecule has 1 amide bonds. The average Bonchev–Trinajstić information content (AvgIpc) is 3.06. The molecule has 2 heterocycles. The lowest BCUT2D eigenvalue weighted by Crippen LogP contribution is -2.38. The molecule has 5 heteroatoms. The van der Waals surface area contributed by atoms with Crippen LogP contribution in [0.4, 0.5) is 0 Å². The Kier molecular flexibility index (Phi) is 5.59. The van der Waals surface area contributed by atoms with Crippen LogP contribution in [0.5, 0.6) is 0 Å². The summed E-state index contributed by atoms with van der Waals surface area (Å²) >= 11 is 0. The zero-order chi connectivity index (χ0) is 19.6. The van der Waals surface area contributed by atoms with E-state index in [-0.39, 0.29) is 17.9 Å². The number of carbonyl (C=O) groups excluding carboxylic acids is 1. The number of amides is 1. The van der Waals surface area contributed by atoms with Crippen molar-refractivity contribution in [2.75, 3.05) is 0 Å². The summed E-state index contributed by atoms with van der Waals surface area (Å²) in [5.41, 5.74) is 3.71. The molecule has 0 spiro atoms.